The van der Waals surface area contributed by atoms with Gasteiger partial charge in [-0.2, -0.15) is 13.2 Å². The predicted molar refractivity (Wildman–Crippen MR) is 63.2 cm³/mol. The van der Waals surface area contributed by atoms with E-state index in [4.69, 9.17) is 5.11 Å². The molecule has 0 amide bonds. The summed E-state index contributed by atoms with van der Waals surface area (Å²) in [5.41, 5.74) is 0.180. The topological polar surface area (TPSA) is 32.3 Å². The maximum absolute atomic E-state index is 12.7. The van der Waals surface area contributed by atoms with Gasteiger partial charge in [0.2, 0.25) is 0 Å². The summed E-state index contributed by atoms with van der Waals surface area (Å²) in [6, 6.07) is 0.00143. The van der Waals surface area contributed by atoms with Crippen LogP contribution in [0.1, 0.15) is 44.9 Å². The van der Waals surface area contributed by atoms with Crippen LogP contribution in [-0.4, -0.2) is 30.5 Å². The van der Waals surface area contributed by atoms with Crippen LogP contribution < -0.4 is 5.32 Å². The van der Waals surface area contributed by atoms with Crippen LogP contribution in [0.15, 0.2) is 0 Å². The Bertz CT molecular complexity index is 276. The molecule has 106 valence electrons. The van der Waals surface area contributed by atoms with Crippen LogP contribution in [0, 0.1) is 11.3 Å². The van der Waals surface area contributed by atoms with Crippen molar-refractivity contribution < 1.29 is 18.3 Å². The van der Waals surface area contributed by atoms with Crippen LogP contribution in [-0.2, 0) is 0 Å². The second kappa shape index (κ2) is 5.37. The monoisotopic (exact) mass is 265 g/mol. The molecule has 0 saturated heterocycles. The summed E-state index contributed by atoms with van der Waals surface area (Å²) >= 11 is 0. The summed E-state index contributed by atoms with van der Waals surface area (Å²) in [6.07, 6.45) is 0.933. The van der Waals surface area contributed by atoms with Crippen LogP contribution >= 0.6 is 0 Å². The first-order valence-corrected chi connectivity index (χ1v) is 6.86. The zero-order chi connectivity index (χ0) is 13.2. The molecule has 2 nitrogen and oxygen atoms in total. The fourth-order valence-corrected chi connectivity index (χ4v) is 2.96. The maximum atomic E-state index is 12.7. The third kappa shape index (κ3) is 3.60. The third-order valence-electron chi connectivity index (χ3n) is 4.50. The fourth-order valence-electron chi connectivity index (χ4n) is 2.96. The number of hydrogen-bond donors (Lipinski definition) is 2. The summed E-state index contributed by atoms with van der Waals surface area (Å²) in [4.78, 5) is 0. The molecule has 2 rings (SSSR count). The van der Waals surface area contributed by atoms with Crippen molar-refractivity contribution in [2.24, 2.45) is 11.3 Å². The SMILES string of the molecule is OCCC1(CNC2CCCC(C(F)(F)F)C2)CC1. The van der Waals surface area contributed by atoms with E-state index in [9.17, 15) is 13.2 Å². The van der Waals surface area contributed by atoms with Crippen LogP contribution in [0.5, 0.6) is 0 Å². The molecule has 0 aromatic heterocycles. The Morgan fingerprint density at radius 2 is 1.94 bits per heavy atom. The number of nitrogens with one attached hydrogen (secondary N) is 1. The molecule has 0 aromatic carbocycles. The van der Waals surface area contributed by atoms with Gasteiger partial charge in [0.1, 0.15) is 0 Å². The van der Waals surface area contributed by atoms with Crippen molar-refractivity contribution in [3.05, 3.63) is 0 Å². The van der Waals surface area contributed by atoms with Gasteiger partial charge in [-0.1, -0.05) is 6.42 Å². The van der Waals surface area contributed by atoms with E-state index < -0.39 is 12.1 Å². The highest BCUT2D eigenvalue weighted by atomic mass is 19.4. The zero-order valence-electron chi connectivity index (χ0n) is 10.6. The average molecular weight is 265 g/mol. The van der Waals surface area contributed by atoms with E-state index in [1.54, 1.807) is 0 Å². The summed E-state index contributed by atoms with van der Waals surface area (Å²) in [5.74, 6) is -1.13. The second-order valence-electron chi connectivity index (χ2n) is 5.96. The summed E-state index contributed by atoms with van der Waals surface area (Å²) < 4.78 is 38.0. The highest BCUT2D eigenvalue weighted by Gasteiger charge is 2.44. The minimum Gasteiger partial charge on any atom is -0.396 e. The molecule has 0 bridgehead atoms. The van der Waals surface area contributed by atoms with E-state index >= 15 is 0 Å². The molecule has 2 N–H and O–H groups in total. The van der Waals surface area contributed by atoms with Crippen molar-refractivity contribution in [2.75, 3.05) is 13.2 Å². The smallest absolute Gasteiger partial charge is 0.391 e. The molecular formula is C13H22F3NO. The Kier molecular flexibility index (Phi) is 4.22. The van der Waals surface area contributed by atoms with E-state index in [1.807, 2.05) is 0 Å². The number of rotatable bonds is 5. The highest BCUT2D eigenvalue weighted by molar-refractivity contribution is 4.95. The zero-order valence-corrected chi connectivity index (χ0v) is 10.6. The fraction of sp³-hybridized carbons (Fsp3) is 1.00. The largest absolute Gasteiger partial charge is 0.396 e. The third-order valence-corrected chi connectivity index (χ3v) is 4.50. The normalized spacial score (nSPS) is 31.3. The lowest BCUT2D eigenvalue weighted by Crippen LogP contribution is -2.41. The van der Waals surface area contributed by atoms with E-state index in [0.29, 0.717) is 6.42 Å². The molecule has 5 heteroatoms. The van der Waals surface area contributed by atoms with Crippen molar-refractivity contribution >= 4 is 0 Å². The van der Waals surface area contributed by atoms with E-state index in [2.05, 4.69) is 5.32 Å². The maximum Gasteiger partial charge on any atom is 0.391 e. The molecule has 2 aliphatic carbocycles. The van der Waals surface area contributed by atoms with Gasteiger partial charge in [-0.05, 0) is 43.9 Å². The summed E-state index contributed by atoms with van der Waals surface area (Å²) in [7, 11) is 0. The molecule has 0 spiro atoms. The molecule has 0 radical (unpaired) electrons. The number of hydrogen-bond acceptors (Lipinski definition) is 2. The van der Waals surface area contributed by atoms with Crippen LogP contribution in [0.4, 0.5) is 13.2 Å². The number of alkyl halides is 3. The Morgan fingerprint density at radius 3 is 2.50 bits per heavy atom. The lowest BCUT2D eigenvalue weighted by molar-refractivity contribution is -0.183. The van der Waals surface area contributed by atoms with Gasteiger partial charge in [-0.25, -0.2) is 0 Å². The Morgan fingerprint density at radius 1 is 1.22 bits per heavy atom. The Labute approximate surface area is 106 Å². The van der Waals surface area contributed by atoms with Gasteiger partial charge in [0.05, 0.1) is 5.92 Å². The van der Waals surface area contributed by atoms with Gasteiger partial charge in [-0.3, -0.25) is 0 Å². The highest BCUT2D eigenvalue weighted by Crippen LogP contribution is 2.48. The van der Waals surface area contributed by atoms with Crippen molar-refractivity contribution in [1.29, 1.82) is 0 Å². The van der Waals surface area contributed by atoms with Crippen LogP contribution in [0.3, 0.4) is 0 Å². The molecule has 2 aliphatic rings. The van der Waals surface area contributed by atoms with Gasteiger partial charge in [-0.15, -0.1) is 0 Å². The molecule has 0 heterocycles. The van der Waals surface area contributed by atoms with Gasteiger partial charge >= 0.3 is 6.18 Å². The summed E-state index contributed by atoms with van der Waals surface area (Å²) in [6.45, 7) is 0.945. The number of aliphatic hydroxyl groups excluding tert-OH is 1. The van der Waals surface area contributed by atoms with E-state index in [1.165, 1.54) is 0 Å². The molecule has 0 aliphatic heterocycles. The second-order valence-corrected chi connectivity index (χ2v) is 5.96. The number of halogens is 3. The molecule has 2 atom stereocenters. The van der Waals surface area contributed by atoms with Crippen molar-refractivity contribution in [3.63, 3.8) is 0 Å². The van der Waals surface area contributed by atoms with E-state index in [0.717, 1.165) is 32.2 Å². The minimum absolute atomic E-state index is 0.00143. The molecule has 2 unspecified atom stereocenters. The molecule has 0 aromatic rings. The molecule has 18 heavy (non-hydrogen) atoms. The van der Waals surface area contributed by atoms with Gasteiger partial charge in [0.25, 0.3) is 0 Å². The van der Waals surface area contributed by atoms with Crippen molar-refractivity contribution in [3.8, 4) is 0 Å². The predicted octanol–water partition coefficient (Wildman–Crippen LogP) is 2.86. The lowest BCUT2D eigenvalue weighted by Gasteiger charge is -2.32. The average Bonchev–Trinajstić information content (AvgIpc) is 3.07. The van der Waals surface area contributed by atoms with Gasteiger partial charge < -0.3 is 10.4 Å². The molecular weight excluding hydrogens is 243 g/mol. The minimum atomic E-state index is -4.04. The standard InChI is InChI=1S/C13H22F3NO/c14-13(15,16)10-2-1-3-11(8-10)17-9-12(4-5-12)6-7-18/h10-11,17-18H,1-9H2. The molecule has 2 fully saturated rings. The van der Waals surface area contributed by atoms with E-state index in [-0.39, 0.29) is 30.9 Å². The molecule has 2 saturated carbocycles. The quantitative estimate of drug-likeness (QED) is 0.801. The Balaban J connectivity index is 1.76. The van der Waals surface area contributed by atoms with Gasteiger partial charge in [0.15, 0.2) is 0 Å². The van der Waals surface area contributed by atoms with Crippen molar-refractivity contribution in [1.82, 2.24) is 5.32 Å². The first-order valence-electron chi connectivity index (χ1n) is 6.86. The first-order chi connectivity index (χ1) is 8.45. The summed E-state index contributed by atoms with van der Waals surface area (Å²) in [5, 5.41) is 12.3. The first kappa shape index (κ1) is 14.1. The number of aliphatic hydroxyl groups is 1. The van der Waals surface area contributed by atoms with Crippen LogP contribution in [0.2, 0.25) is 0 Å². The Hall–Kier alpha value is -0.290. The van der Waals surface area contributed by atoms with Crippen molar-refractivity contribution in [2.45, 2.75) is 57.2 Å². The van der Waals surface area contributed by atoms with Crippen LogP contribution in [0.25, 0.3) is 0 Å². The lowest BCUT2D eigenvalue weighted by atomic mass is 9.85. The van der Waals surface area contributed by atoms with Gasteiger partial charge in [0, 0.05) is 19.2 Å².